The lowest BCUT2D eigenvalue weighted by molar-refractivity contribution is 0.0659. The number of halogens is 1. The largest absolute Gasteiger partial charge is 0.484 e. The summed E-state index contributed by atoms with van der Waals surface area (Å²) in [5.41, 5.74) is 0.961. The van der Waals surface area contributed by atoms with Gasteiger partial charge in [0.1, 0.15) is 30.0 Å². The number of likely N-dealkylation sites (tertiary alicyclic amines) is 1. The fourth-order valence-corrected chi connectivity index (χ4v) is 4.07. The molecule has 1 unspecified atom stereocenters. The molecule has 2 aromatic heterocycles. The molecule has 1 fully saturated rings. The molecule has 2 aromatic carbocycles. The van der Waals surface area contributed by atoms with Gasteiger partial charge in [-0.3, -0.25) is 4.79 Å². The quantitative estimate of drug-likeness (QED) is 0.391. The third kappa shape index (κ3) is 4.92. The molecule has 0 aliphatic carbocycles. The van der Waals surface area contributed by atoms with E-state index in [1.54, 1.807) is 53.4 Å². The Bertz CT molecular complexity index is 1390. The lowest BCUT2D eigenvalue weighted by Gasteiger charge is -2.30. The Hall–Kier alpha value is -4.45. The van der Waals surface area contributed by atoms with Gasteiger partial charge in [-0.25, -0.2) is 4.39 Å². The fraction of sp³-hybridized carbons (Fsp3) is 0.231. The first-order valence-electron chi connectivity index (χ1n) is 11.2. The standard InChI is InChI=1S/C26H21FN4O4/c27-20-8-3-6-17(13-20)24-29-25(35-30-24)19-7-4-12-31(15-19)26(32)23-11-10-21(34-23)16-33-22-9-2-1-5-18(22)14-28/h1-3,5-6,8-11,13,19H,4,7,12,15-16H2. The van der Waals surface area contributed by atoms with Crippen molar-refractivity contribution in [1.29, 1.82) is 5.26 Å². The van der Waals surface area contributed by atoms with Crippen LogP contribution in [0.25, 0.3) is 11.4 Å². The summed E-state index contributed by atoms with van der Waals surface area (Å²) in [6.45, 7) is 1.09. The summed E-state index contributed by atoms with van der Waals surface area (Å²) in [6.07, 6.45) is 1.57. The molecule has 1 aliphatic heterocycles. The minimum Gasteiger partial charge on any atom is -0.484 e. The van der Waals surface area contributed by atoms with Crippen LogP contribution in [-0.2, 0) is 6.61 Å². The van der Waals surface area contributed by atoms with E-state index in [0.717, 1.165) is 12.8 Å². The van der Waals surface area contributed by atoms with Crippen LogP contribution in [0.3, 0.4) is 0 Å². The van der Waals surface area contributed by atoms with Crippen molar-refractivity contribution in [2.45, 2.75) is 25.4 Å². The second-order valence-electron chi connectivity index (χ2n) is 8.22. The number of hydrogen-bond donors (Lipinski definition) is 0. The van der Waals surface area contributed by atoms with Crippen molar-refractivity contribution in [3.8, 4) is 23.2 Å². The molecule has 0 spiro atoms. The maximum absolute atomic E-state index is 13.5. The Labute approximate surface area is 200 Å². The van der Waals surface area contributed by atoms with Gasteiger partial charge in [0.15, 0.2) is 5.76 Å². The fourth-order valence-electron chi connectivity index (χ4n) is 4.07. The molecular weight excluding hydrogens is 451 g/mol. The molecule has 35 heavy (non-hydrogen) atoms. The van der Waals surface area contributed by atoms with Crippen LogP contribution in [0, 0.1) is 17.1 Å². The Kier molecular flexibility index (Phi) is 6.26. The molecule has 4 aromatic rings. The third-order valence-electron chi connectivity index (χ3n) is 5.83. The van der Waals surface area contributed by atoms with Gasteiger partial charge >= 0.3 is 0 Å². The molecule has 1 saturated heterocycles. The van der Waals surface area contributed by atoms with Crippen LogP contribution in [0.15, 0.2) is 69.6 Å². The lowest BCUT2D eigenvalue weighted by Crippen LogP contribution is -2.39. The van der Waals surface area contributed by atoms with Gasteiger partial charge in [-0.05, 0) is 49.2 Å². The van der Waals surface area contributed by atoms with E-state index in [1.807, 2.05) is 0 Å². The number of benzene rings is 2. The van der Waals surface area contributed by atoms with Crippen LogP contribution in [0.2, 0.25) is 0 Å². The maximum Gasteiger partial charge on any atom is 0.289 e. The number of para-hydroxylation sites is 1. The number of piperidine rings is 1. The van der Waals surface area contributed by atoms with Gasteiger partial charge in [0.25, 0.3) is 5.91 Å². The number of furan rings is 1. The minimum absolute atomic E-state index is 0.0967. The molecule has 1 atom stereocenters. The van der Waals surface area contributed by atoms with E-state index in [9.17, 15) is 14.4 Å². The van der Waals surface area contributed by atoms with Crippen molar-refractivity contribution in [3.05, 3.63) is 89.5 Å². The minimum atomic E-state index is -0.374. The summed E-state index contributed by atoms with van der Waals surface area (Å²) in [4.78, 5) is 19.2. The number of nitrogens with zero attached hydrogens (tertiary/aromatic N) is 4. The zero-order chi connectivity index (χ0) is 24.2. The highest BCUT2D eigenvalue weighted by Crippen LogP contribution is 2.29. The summed E-state index contributed by atoms with van der Waals surface area (Å²) in [6, 6.07) is 18.3. The SMILES string of the molecule is N#Cc1ccccc1OCc1ccc(C(=O)N2CCCC(c3nc(-c4cccc(F)c4)no3)C2)o1. The average molecular weight is 472 g/mol. The van der Waals surface area contributed by atoms with E-state index in [1.165, 1.54) is 12.1 Å². The van der Waals surface area contributed by atoms with Gasteiger partial charge in [0, 0.05) is 18.7 Å². The van der Waals surface area contributed by atoms with E-state index in [0.29, 0.717) is 47.4 Å². The molecule has 1 aliphatic rings. The Morgan fingerprint density at radius 3 is 2.94 bits per heavy atom. The van der Waals surface area contributed by atoms with Crippen LogP contribution < -0.4 is 4.74 Å². The first-order valence-corrected chi connectivity index (χ1v) is 11.2. The van der Waals surface area contributed by atoms with E-state index in [2.05, 4.69) is 16.2 Å². The van der Waals surface area contributed by atoms with Crippen LogP contribution in [0.1, 0.15) is 46.5 Å². The van der Waals surface area contributed by atoms with Crippen molar-refractivity contribution in [3.63, 3.8) is 0 Å². The van der Waals surface area contributed by atoms with Crippen LogP contribution in [0.4, 0.5) is 4.39 Å². The van der Waals surface area contributed by atoms with Crippen LogP contribution in [0.5, 0.6) is 5.75 Å². The summed E-state index contributed by atoms with van der Waals surface area (Å²) in [5, 5.41) is 13.2. The van der Waals surface area contributed by atoms with Crippen LogP contribution in [-0.4, -0.2) is 34.0 Å². The maximum atomic E-state index is 13.5. The van der Waals surface area contributed by atoms with E-state index in [-0.39, 0.29) is 30.0 Å². The van der Waals surface area contributed by atoms with Gasteiger partial charge < -0.3 is 18.6 Å². The lowest BCUT2D eigenvalue weighted by atomic mass is 9.97. The molecule has 9 heteroatoms. The molecule has 5 rings (SSSR count). The highest BCUT2D eigenvalue weighted by molar-refractivity contribution is 5.91. The van der Waals surface area contributed by atoms with Crippen LogP contribution >= 0.6 is 0 Å². The number of carbonyl (C=O) groups is 1. The number of nitriles is 1. The molecule has 1 amide bonds. The molecule has 0 bridgehead atoms. The molecule has 0 N–H and O–H groups in total. The average Bonchev–Trinajstić information content (AvgIpc) is 3.58. The molecule has 0 saturated carbocycles. The Morgan fingerprint density at radius 2 is 2.09 bits per heavy atom. The number of aromatic nitrogens is 2. The van der Waals surface area contributed by atoms with Gasteiger partial charge in [-0.15, -0.1) is 0 Å². The number of hydrogen-bond acceptors (Lipinski definition) is 7. The zero-order valence-corrected chi connectivity index (χ0v) is 18.7. The van der Waals surface area contributed by atoms with Gasteiger partial charge in [-0.2, -0.15) is 10.2 Å². The monoisotopic (exact) mass is 472 g/mol. The summed E-state index contributed by atoms with van der Waals surface area (Å²) in [7, 11) is 0. The van der Waals surface area contributed by atoms with Gasteiger partial charge in [-0.1, -0.05) is 29.4 Å². The second kappa shape index (κ2) is 9.81. The summed E-state index contributed by atoms with van der Waals surface area (Å²) < 4.78 is 30.4. The van der Waals surface area contributed by atoms with Crippen molar-refractivity contribution in [2.24, 2.45) is 0 Å². The van der Waals surface area contributed by atoms with Crippen molar-refractivity contribution < 1.29 is 22.9 Å². The van der Waals surface area contributed by atoms with E-state index >= 15 is 0 Å². The zero-order valence-electron chi connectivity index (χ0n) is 18.7. The Balaban J connectivity index is 1.23. The predicted octanol–water partition coefficient (Wildman–Crippen LogP) is 4.94. The predicted molar refractivity (Wildman–Crippen MR) is 122 cm³/mol. The topological polar surface area (TPSA) is 105 Å². The normalized spacial score (nSPS) is 15.5. The molecule has 3 heterocycles. The molecule has 176 valence electrons. The second-order valence-corrected chi connectivity index (χ2v) is 8.22. The molecular formula is C26H21FN4O4. The first-order chi connectivity index (χ1) is 17.1. The van der Waals surface area contributed by atoms with Crippen molar-refractivity contribution in [2.75, 3.05) is 13.1 Å². The number of amides is 1. The summed E-state index contributed by atoms with van der Waals surface area (Å²) >= 11 is 0. The number of ether oxygens (including phenoxy) is 1. The smallest absolute Gasteiger partial charge is 0.289 e. The highest BCUT2D eigenvalue weighted by atomic mass is 19.1. The van der Waals surface area contributed by atoms with E-state index < -0.39 is 0 Å². The number of carbonyl (C=O) groups excluding carboxylic acids is 1. The molecule has 8 nitrogen and oxygen atoms in total. The van der Waals surface area contributed by atoms with Crippen molar-refractivity contribution in [1.82, 2.24) is 15.0 Å². The number of rotatable bonds is 6. The third-order valence-corrected chi connectivity index (χ3v) is 5.83. The van der Waals surface area contributed by atoms with E-state index in [4.69, 9.17) is 13.7 Å². The van der Waals surface area contributed by atoms with Gasteiger partial charge in [0.05, 0.1) is 11.5 Å². The van der Waals surface area contributed by atoms with Crippen molar-refractivity contribution >= 4 is 5.91 Å². The Morgan fingerprint density at radius 1 is 1.20 bits per heavy atom. The highest BCUT2D eigenvalue weighted by Gasteiger charge is 2.30. The van der Waals surface area contributed by atoms with Gasteiger partial charge in [0.2, 0.25) is 11.7 Å². The first kappa shape index (κ1) is 22.3. The molecule has 0 radical (unpaired) electrons. The summed E-state index contributed by atoms with van der Waals surface area (Å²) in [5.74, 6) is 1.15.